The fraction of sp³-hybridized carbons (Fsp3) is 0.381. The molecule has 0 amide bonds. The van der Waals surface area contributed by atoms with Crippen molar-refractivity contribution in [2.75, 3.05) is 7.11 Å². The van der Waals surface area contributed by atoms with E-state index in [0.29, 0.717) is 23.5 Å². The molecule has 3 N–H and O–H groups in total. The Morgan fingerprint density at radius 2 is 1.89 bits per heavy atom. The quantitative estimate of drug-likeness (QED) is 0.729. The van der Waals surface area contributed by atoms with E-state index in [1.807, 2.05) is 19.9 Å². The first kappa shape index (κ1) is 18.4. The minimum Gasteiger partial charge on any atom is -0.508 e. The maximum Gasteiger partial charge on any atom is 0.174 e. The first-order chi connectivity index (χ1) is 13.2. The van der Waals surface area contributed by atoms with Gasteiger partial charge in [-0.25, -0.2) is 0 Å². The van der Waals surface area contributed by atoms with Gasteiger partial charge in [0.1, 0.15) is 34.5 Å². The van der Waals surface area contributed by atoms with E-state index >= 15 is 0 Å². The zero-order valence-corrected chi connectivity index (χ0v) is 15.9. The fourth-order valence-corrected chi connectivity index (χ4v) is 3.68. The highest BCUT2D eigenvalue weighted by Crippen LogP contribution is 2.46. The maximum atomic E-state index is 12.6. The number of aromatic hydroxyl groups is 2. The van der Waals surface area contributed by atoms with Crippen LogP contribution in [0.5, 0.6) is 28.7 Å². The highest BCUT2D eigenvalue weighted by molar-refractivity contribution is 6.02. The molecule has 2 atom stereocenters. The predicted molar refractivity (Wildman–Crippen MR) is 99.5 cm³/mol. The number of aliphatic hydroxyl groups excluding tert-OH is 1. The van der Waals surface area contributed by atoms with Crippen LogP contribution in [-0.2, 0) is 6.42 Å². The Kier molecular flexibility index (Phi) is 4.15. The molecule has 1 unspecified atom stereocenters. The molecule has 2 aromatic carbocycles. The average Bonchev–Trinajstić information content (AvgIpc) is 2.60. The van der Waals surface area contributed by atoms with Crippen molar-refractivity contribution in [3.8, 4) is 28.7 Å². The Labute approximate surface area is 162 Å². The number of ketones is 1. The number of Topliss-reactive ketones (excluding diaryl/α,β-unsaturated/α-hetero) is 1. The molecule has 0 saturated heterocycles. The molecule has 148 valence electrons. The van der Waals surface area contributed by atoms with Crippen molar-refractivity contribution in [1.29, 1.82) is 0 Å². The van der Waals surface area contributed by atoms with Crippen LogP contribution in [0.25, 0.3) is 0 Å². The number of fused-ring (bicyclic) bond motifs is 2. The molecule has 2 aliphatic heterocycles. The lowest BCUT2D eigenvalue weighted by Crippen LogP contribution is -2.46. The van der Waals surface area contributed by atoms with Crippen LogP contribution in [0, 0.1) is 0 Å². The summed E-state index contributed by atoms with van der Waals surface area (Å²) in [5, 5.41) is 30.0. The van der Waals surface area contributed by atoms with Gasteiger partial charge in [-0.05, 0) is 31.5 Å². The summed E-state index contributed by atoms with van der Waals surface area (Å²) in [4.78, 5) is 12.6. The summed E-state index contributed by atoms with van der Waals surface area (Å²) in [7, 11) is 1.53. The molecule has 0 spiro atoms. The number of carbonyl (C=O) groups is 1. The number of hydrogen-bond donors (Lipinski definition) is 3. The molecule has 2 aliphatic rings. The van der Waals surface area contributed by atoms with E-state index in [1.54, 1.807) is 6.07 Å². The summed E-state index contributed by atoms with van der Waals surface area (Å²) in [5.74, 6) is 0.421. The summed E-state index contributed by atoms with van der Waals surface area (Å²) < 4.78 is 17.3. The van der Waals surface area contributed by atoms with Crippen LogP contribution in [0.3, 0.4) is 0 Å². The van der Waals surface area contributed by atoms with Crippen LogP contribution in [0.15, 0.2) is 24.3 Å². The number of phenolic OH excluding ortho intramolecular Hbond substituents is 2. The summed E-state index contributed by atoms with van der Waals surface area (Å²) in [5.41, 5.74) is 0.779. The van der Waals surface area contributed by atoms with Crippen molar-refractivity contribution in [1.82, 2.24) is 0 Å². The number of carbonyl (C=O) groups excluding carboxylic acids is 1. The fourth-order valence-electron chi connectivity index (χ4n) is 3.68. The Morgan fingerprint density at radius 1 is 1.14 bits per heavy atom. The minimum atomic E-state index is -0.743. The first-order valence-corrected chi connectivity index (χ1v) is 9.03. The summed E-state index contributed by atoms with van der Waals surface area (Å²) in [6.45, 7) is 3.62. The highest BCUT2D eigenvalue weighted by Gasteiger charge is 2.38. The molecule has 0 radical (unpaired) electrons. The van der Waals surface area contributed by atoms with Gasteiger partial charge in [0.15, 0.2) is 17.3 Å². The summed E-state index contributed by atoms with van der Waals surface area (Å²) >= 11 is 0. The second-order valence-corrected chi connectivity index (χ2v) is 7.71. The van der Waals surface area contributed by atoms with Gasteiger partial charge < -0.3 is 29.5 Å². The maximum absolute atomic E-state index is 12.6. The van der Waals surface area contributed by atoms with Gasteiger partial charge in [0, 0.05) is 24.1 Å². The number of ether oxygens (including phenoxy) is 3. The lowest BCUT2D eigenvalue weighted by molar-refractivity contribution is -0.0426. The van der Waals surface area contributed by atoms with Crippen LogP contribution in [0.1, 0.15) is 47.9 Å². The number of hydrogen-bond acceptors (Lipinski definition) is 7. The zero-order chi connectivity index (χ0) is 20.2. The van der Waals surface area contributed by atoms with E-state index < -0.39 is 17.8 Å². The Balaban J connectivity index is 1.75. The minimum absolute atomic E-state index is 0.0299. The number of phenols is 2. The monoisotopic (exact) mass is 386 g/mol. The number of benzene rings is 2. The molecule has 0 fully saturated rings. The Hall–Kier alpha value is -2.93. The van der Waals surface area contributed by atoms with E-state index in [-0.39, 0.29) is 35.0 Å². The van der Waals surface area contributed by atoms with Crippen LogP contribution < -0.4 is 14.2 Å². The number of rotatable bonds is 2. The first-order valence-electron chi connectivity index (χ1n) is 9.03. The molecular weight excluding hydrogens is 364 g/mol. The predicted octanol–water partition coefficient (Wildman–Crippen LogP) is 2.89. The molecule has 7 nitrogen and oxygen atoms in total. The van der Waals surface area contributed by atoms with E-state index in [0.717, 1.165) is 11.6 Å². The lowest BCUT2D eigenvalue weighted by Gasteiger charge is -2.38. The average molecular weight is 386 g/mol. The Morgan fingerprint density at radius 3 is 2.61 bits per heavy atom. The Bertz CT molecular complexity index is 964. The molecule has 4 rings (SSSR count). The van der Waals surface area contributed by atoms with Gasteiger partial charge in [-0.3, -0.25) is 4.79 Å². The van der Waals surface area contributed by atoms with Gasteiger partial charge in [-0.2, -0.15) is 0 Å². The molecule has 0 bridgehead atoms. The van der Waals surface area contributed by atoms with Crippen LogP contribution in [-0.4, -0.2) is 39.9 Å². The van der Waals surface area contributed by atoms with E-state index in [4.69, 9.17) is 14.2 Å². The van der Waals surface area contributed by atoms with Gasteiger partial charge in [-0.15, -0.1) is 0 Å². The standard InChI is InChI=1S/C21H22O7/c1-21(2)18(25)6-11-4-10(5-17(26-3)20(11)28-21)15-9-14(24)19-13(23)7-12(22)8-16(19)27-15/h4-5,7-8,15,18,22-23,25H,6,9H2,1-3H3/t15-,18?/m0/s1. The second kappa shape index (κ2) is 6.31. The third-order valence-corrected chi connectivity index (χ3v) is 5.31. The van der Waals surface area contributed by atoms with Crippen LogP contribution in [0.4, 0.5) is 0 Å². The van der Waals surface area contributed by atoms with Crippen molar-refractivity contribution in [2.24, 2.45) is 0 Å². The van der Waals surface area contributed by atoms with Crippen LogP contribution in [0.2, 0.25) is 0 Å². The number of methoxy groups -OCH3 is 1. The second-order valence-electron chi connectivity index (χ2n) is 7.71. The van der Waals surface area contributed by atoms with Gasteiger partial charge in [0.2, 0.25) is 0 Å². The van der Waals surface area contributed by atoms with Gasteiger partial charge >= 0.3 is 0 Å². The zero-order valence-electron chi connectivity index (χ0n) is 15.9. The van der Waals surface area contributed by atoms with Crippen molar-refractivity contribution in [2.45, 2.75) is 44.5 Å². The molecular formula is C21H22O7. The molecule has 2 heterocycles. The third kappa shape index (κ3) is 2.92. The van der Waals surface area contributed by atoms with E-state index in [2.05, 4.69) is 0 Å². The topological polar surface area (TPSA) is 105 Å². The molecule has 0 aromatic heterocycles. The van der Waals surface area contributed by atoms with Gasteiger partial charge in [-0.1, -0.05) is 0 Å². The van der Waals surface area contributed by atoms with Crippen molar-refractivity contribution < 1.29 is 34.3 Å². The molecule has 0 saturated carbocycles. The van der Waals surface area contributed by atoms with E-state index in [9.17, 15) is 20.1 Å². The number of aliphatic hydroxyl groups is 1. The highest BCUT2D eigenvalue weighted by atomic mass is 16.5. The van der Waals surface area contributed by atoms with E-state index in [1.165, 1.54) is 13.2 Å². The van der Waals surface area contributed by atoms with Crippen molar-refractivity contribution in [3.05, 3.63) is 41.0 Å². The van der Waals surface area contributed by atoms with Gasteiger partial charge in [0.05, 0.1) is 19.6 Å². The largest absolute Gasteiger partial charge is 0.508 e. The van der Waals surface area contributed by atoms with Crippen molar-refractivity contribution in [3.63, 3.8) is 0 Å². The van der Waals surface area contributed by atoms with Crippen molar-refractivity contribution >= 4 is 5.78 Å². The molecule has 28 heavy (non-hydrogen) atoms. The molecule has 2 aromatic rings. The molecule has 7 heteroatoms. The third-order valence-electron chi connectivity index (χ3n) is 5.31. The smallest absolute Gasteiger partial charge is 0.174 e. The molecule has 0 aliphatic carbocycles. The lowest BCUT2D eigenvalue weighted by atomic mass is 9.88. The SMILES string of the molecule is COc1cc([C@@H]2CC(=O)c3c(O)cc(O)cc3O2)cc2c1OC(C)(C)C(O)C2. The normalized spacial score (nSPS) is 22.5. The van der Waals surface area contributed by atoms with Crippen LogP contribution >= 0.6 is 0 Å². The van der Waals surface area contributed by atoms with Gasteiger partial charge in [0.25, 0.3) is 0 Å². The summed E-state index contributed by atoms with van der Waals surface area (Å²) in [6.07, 6.45) is -0.899. The summed E-state index contributed by atoms with van der Waals surface area (Å²) in [6, 6.07) is 6.01.